The molecule has 0 N–H and O–H groups in total. The van der Waals surface area contributed by atoms with E-state index in [1.807, 2.05) is 61.1 Å². The quantitative estimate of drug-likeness (QED) is 0.145. The highest BCUT2D eigenvalue weighted by Gasteiger charge is 2.17. The highest BCUT2D eigenvalue weighted by atomic mass is 79.9. The van der Waals surface area contributed by atoms with Crippen LogP contribution in [0.15, 0.2) is 228 Å². The predicted octanol–water partition coefficient (Wildman–Crippen LogP) is 15.8. The van der Waals surface area contributed by atoms with Gasteiger partial charge in [-0.15, -0.1) is 0 Å². The van der Waals surface area contributed by atoms with E-state index in [2.05, 4.69) is 189 Å². The first kappa shape index (κ1) is 39.0. The summed E-state index contributed by atoms with van der Waals surface area (Å²) in [6.07, 6.45) is 7.72. The van der Waals surface area contributed by atoms with Gasteiger partial charge < -0.3 is 0 Å². The van der Waals surface area contributed by atoms with E-state index in [0.29, 0.717) is 0 Å². The van der Waals surface area contributed by atoms with Crippen molar-refractivity contribution in [3.8, 4) is 101 Å². The number of benzene rings is 6. The normalized spacial score (nSPS) is 11.1. The molecule has 62 heavy (non-hydrogen) atoms. The van der Waals surface area contributed by atoms with Crippen molar-refractivity contribution in [3.05, 3.63) is 228 Å². The van der Waals surface area contributed by atoms with Gasteiger partial charge in [0.15, 0.2) is 0 Å². The van der Waals surface area contributed by atoms with Crippen molar-refractivity contribution >= 4 is 31.9 Å². The second-order valence-corrected chi connectivity index (χ2v) is 16.8. The average molecular weight is 925 g/mol. The molecule has 4 nitrogen and oxygen atoms in total. The topological polar surface area (TPSA) is 51.6 Å². The number of hydrogen-bond donors (Lipinski definition) is 0. The van der Waals surface area contributed by atoms with Crippen molar-refractivity contribution in [1.29, 1.82) is 0 Å². The van der Waals surface area contributed by atoms with Gasteiger partial charge in [-0.3, -0.25) is 19.9 Å². The number of halogens is 2. The largest absolute Gasteiger partial charge is 0.256 e. The Morgan fingerprint density at radius 1 is 0.242 bits per heavy atom. The molecule has 0 saturated heterocycles. The van der Waals surface area contributed by atoms with Gasteiger partial charge in [0.2, 0.25) is 0 Å². The summed E-state index contributed by atoms with van der Waals surface area (Å²) in [7, 11) is 0. The van der Waals surface area contributed by atoms with Gasteiger partial charge in [0.05, 0.1) is 22.8 Å². The Hall–Kier alpha value is -7.12. The first-order valence-electron chi connectivity index (χ1n) is 20.3. The maximum atomic E-state index is 4.94. The van der Waals surface area contributed by atoms with Crippen LogP contribution in [0.2, 0.25) is 0 Å². The van der Waals surface area contributed by atoms with Crippen molar-refractivity contribution in [3.63, 3.8) is 0 Å². The zero-order chi connectivity index (χ0) is 41.8. The SMILES string of the molecule is Brc1cccc(-c2ccc(-c3ccccc3-c3cc(-c4ccccc4-c4ccc(-c5cccc(Br)c5)nc4)cc(-c4ccccc4-c4ccc(-c5ccccn5)nc4)c3)cn2)c1. The zero-order valence-electron chi connectivity index (χ0n) is 33.3. The Kier molecular flexibility index (Phi) is 11.0. The fraction of sp³-hybridized carbons (Fsp3) is 0. The summed E-state index contributed by atoms with van der Waals surface area (Å²) in [4.78, 5) is 19.3. The van der Waals surface area contributed by atoms with Crippen LogP contribution in [-0.2, 0) is 0 Å². The van der Waals surface area contributed by atoms with E-state index < -0.39 is 0 Å². The van der Waals surface area contributed by atoms with Gasteiger partial charge in [0.25, 0.3) is 0 Å². The fourth-order valence-electron chi connectivity index (χ4n) is 8.02. The van der Waals surface area contributed by atoms with Gasteiger partial charge in [-0.05, 0) is 123 Å². The van der Waals surface area contributed by atoms with E-state index in [1.54, 1.807) is 6.20 Å². The van der Waals surface area contributed by atoms with Crippen molar-refractivity contribution in [2.45, 2.75) is 0 Å². The monoisotopic (exact) mass is 922 g/mol. The van der Waals surface area contributed by atoms with Gasteiger partial charge in [-0.1, -0.05) is 153 Å². The molecule has 0 spiro atoms. The highest BCUT2D eigenvalue weighted by Crippen LogP contribution is 2.42. The van der Waals surface area contributed by atoms with Crippen molar-refractivity contribution in [1.82, 2.24) is 19.9 Å². The summed E-state index contributed by atoms with van der Waals surface area (Å²) >= 11 is 7.23. The standard InChI is InChI=1S/C56H36Br2N4/c57-45-13-9-11-37(32-45)53-25-22-39(34-60-53)47-15-1-4-18-50(47)42-29-43(51-19-5-2-16-48(51)40-23-26-54(61-35-40)38-12-10-14-46(58)33-38)31-44(30-42)52-20-6-3-17-49(52)41-24-27-56(62-36-41)55-21-7-8-28-59-55/h1-36H. The molecule has 4 aromatic heterocycles. The van der Waals surface area contributed by atoms with Crippen molar-refractivity contribution in [2.75, 3.05) is 0 Å². The zero-order valence-corrected chi connectivity index (χ0v) is 36.5. The molecule has 294 valence electrons. The molecule has 0 aliphatic carbocycles. The number of aromatic nitrogens is 4. The maximum Gasteiger partial charge on any atom is 0.0886 e. The molecule has 0 atom stereocenters. The molecule has 4 heterocycles. The smallest absolute Gasteiger partial charge is 0.0886 e. The van der Waals surface area contributed by atoms with E-state index >= 15 is 0 Å². The molecule has 6 aromatic carbocycles. The lowest BCUT2D eigenvalue weighted by Gasteiger charge is -2.18. The number of pyridine rings is 4. The summed E-state index contributed by atoms with van der Waals surface area (Å²) in [6, 6.07) is 67.9. The van der Waals surface area contributed by atoms with Crippen LogP contribution in [0.3, 0.4) is 0 Å². The van der Waals surface area contributed by atoms with Crippen LogP contribution in [-0.4, -0.2) is 19.9 Å². The average Bonchev–Trinajstić information content (AvgIpc) is 3.34. The van der Waals surface area contributed by atoms with Crippen molar-refractivity contribution in [2.24, 2.45) is 0 Å². The molecule has 0 aliphatic heterocycles. The second-order valence-electron chi connectivity index (χ2n) is 15.0. The third-order valence-electron chi connectivity index (χ3n) is 11.0. The van der Waals surface area contributed by atoms with E-state index in [-0.39, 0.29) is 0 Å². The van der Waals surface area contributed by atoms with Crippen molar-refractivity contribution < 1.29 is 0 Å². The number of hydrogen-bond acceptors (Lipinski definition) is 4. The van der Waals surface area contributed by atoms with E-state index in [1.165, 1.54) is 0 Å². The Morgan fingerprint density at radius 2 is 0.597 bits per heavy atom. The van der Waals surface area contributed by atoms with Gasteiger partial charge in [0.1, 0.15) is 0 Å². The van der Waals surface area contributed by atoms with E-state index in [4.69, 9.17) is 15.0 Å². The molecule has 0 bridgehead atoms. The summed E-state index contributed by atoms with van der Waals surface area (Å²) in [5, 5.41) is 0. The Balaban J connectivity index is 1.11. The summed E-state index contributed by atoms with van der Waals surface area (Å²) in [6.45, 7) is 0. The van der Waals surface area contributed by atoms with Gasteiger partial charge in [-0.2, -0.15) is 0 Å². The molecular formula is C56H36Br2N4. The summed E-state index contributed by atoms with van der Waals surface area (Å²) < 4.78 is 2.05. The molecule has 0 radical (unpaired) electrons. The molecule has 0 aliphatic rings. The van der Waals surface area contributed by atoms with E-state index in [0.717, 1.165) is 110 Å². The molecule has 6 heteroatoms. The van der Waals surface area contributed by atoms with Crippen LogP contribution < -0.4 is 0 Å². The lowest BCUT2D eigenvalue weighted by atomic mass is 9.86. The maximum absolute atomic E-state index is 4.94. The molecule has 0 saturated carbocycles. The highest BCUT2D eigenvalue weighted by molar-refractivity contribution is 9.10. The lowest BCUT2D eigenvalue weighted by Crippen LogP contribution is -1.93. The third kappa shape index (κ3) is 8.18. The van der Waals surface area contributed by atoms with Crippen LogP contribution in [0.1, 0.15) is 0 Å². The molecule has 10 aromatic rings. The van der Waals surface area contributed by atoms with Gasteiger partial charge in [-0.25, -0.2) is 0 Å². The Bertz CT molecular complexity index is 3030. The van der Waals surface area contributed by atoms with Crippen LogP contribution in [0.25, 0.3) is 101 Å². The Morgan fingerprint density at radius 3 is 0.935 bits per heavy atom. The lowest BCUT2D eigenvalue weighted by molar-refractivity contribution is 1.25. The van der Waals surface area contributed by atoms with Gasteiger partial charge >= 0.3 is 0 Å². The third-order valence-corrected chi connectivity index (χ3v) is 12.0. The van der Waals surface area contributed by atoms with E-state index in [9.17, 15) is 0 Å². The minimum atomic E-state index is 0.836. The molecule has 0 amide bonds. The predicted molar refractivity (Wildman–Crippen MR) is 262 cm³/mol. The molecular weight excluding hydrogens is 888 g/mol. The molecule has 0 unspecified atom stereocenters. The fourth-order valence-corrected chi connectivity index (χ4v) is 8.81. The Labute approximate surface area is 378 Å². The minimum absolute atomic E-state index is 0.836. The summed E-state index contributed by atoms with van der Waals surface area (Å²) in [5.41, 5.74) is 18.7. The summed E-state index contributed by atoms with van der Waals surface area (Å²) in [5.74, 6) is 0. The number of nitrogens with zero attached hydrogens (tertiary/aromatic N) is 4. The molecule has 10 rings (SSSR count). The second kappa shape index (κ2) is 17.5. The van der Waals surface area contributed by atoms with Crippen LogP contribution in [0.4, 0.5) is 0 Å². The first-order chi connectivity index (χ1) is 30.5. The van der Waals surface area contributed by atoms with Crippen LogP contribution in [0, 0.1) is 0 Å². The van der Waals surface area contributed by atoms with Crippen LogP contribution in [0.5, 0.6) is 0 Å². The molecule has 0 fully saturated rings. The van der Waals surface area contributed by atoms with Gasteiger partial charge in [0, 0.05) is 61.6 Å². The van der Waals surface area contributed by atoms with Crippen LogP contribution >= 0.6 is 31.9 Å². The number of rotatable bonds is 9. The first-order valence-corrected chi connectivity index (χ1v) is 21.9. The minimum Gasteiger partial charge on any atom is -0.256 e.